The van der Waals surface area contributed by atoms with Crippen molar-refractivity contribution in [3.8, 4) is 0 Å². The maximum atomic E-state index is 4.40. The van der Waals surface area contributed by atoms with E-state index in [1.807, 2.05) is 0 Å². The van der Waals surface area contributed by atoms with E-state index in [1.54, 1.807) is 0 Å². The third-order valence-electron chi connectivity index (χ3n) is 6.50. The van der Waals surface area contributed by atoms with Crippen molar-refractivity contribution < 1.29 is 0 Å². The van der Waals surface area contributed by atoms with Crippen LogP contribution in [0.15, 0.2) is 0 Å². The van der Waals surface area contributed by atoms with Crippen LogP contribution < -0.4 is 0 Å². The third-order valence-corrected chi connectivity index (χ3v) is 6.76. The van der Waals surface area contributed by atoms with Crippen molar-refractivity contribution in [3.05, 3.63) is 0 Å². The highest BCUT2D eigenvalue weighted by atomic mass is 32.1. The second-order valence-corrected chi connectivity index (χ2v) is 8.46. The van der Waals surface area contributed by atoms with Crippen LogP contribution in [0.5, 0.6) is 0 Å². The summed E-state index contributed by atoms with van der Waals surface area (Å²) >= 11 is 4.40. The van der Waals surface area contributed by atoms with E-state index in [1.165, 1.54) is 57.8 Å². The predicted molar refractivity (Wildman–Crippen MR) is 88.8 cm³/mol. The standard InChI is InChI=1S/C18H34S/c1-14-4-8-16(9-5-14)18(2,3)17-10-6-15(7-11-17)12-13-19/h14-17,19H,4-13H2,1-3H3. The molecule has 0 unspecified atom stereocenters. The Labute approximate surface area is 126 Å². The molecule has 0 aromatic carbocycles. The van der Waals surface area contributed by atoms with E-state index >= 15 is 0 Å². The summed E-state index contributed by atoms with van der Waals surface area (Å²) in [5.74, 6) is 5.03. The van der Waals surface area contributed by atoms with Crippen LogP contribution in [0, 0.1) is 29.1 Å². The Morgan fingerprint density at radius 1 is 0.842 bits per heavy atom. The minimum absolute atomic E-state index is 0.589. The molecule has 2 aliphatic carbocycles. The second kappa shape index (κ2) is 6.87. The molecule has 2 saturated carbocycles. The molecule has 0 nitrogen and oxygen atoms in total. The van der Waals surface area contributed by atoms with Gasteiger partial charge < -0.3 is 0 Å². The zero-order valence-electron chi connectivity index (χ0n) is 13.3. The van der Waals surface area contributed by atoms with Gasteiger partial charge in [0.2, 0.25) is 0 Å². The summed E-state index contributed by atoms with van der Waals surface area (Å²) in [6.07, 6.45) is 13.2. The van der Waals surface area contributed by atoms with Crippen molar-refractivity contribution in [3.63, 3.8) is 0 Å². The van der Waals surface area contributed by atoms with Gasteiger partial charge in [-0.25, -0.2) is 0 Å². The number of rotatable bonds is 4. The molecule has 0 aliphatic heterocycles. The van der Waals surface area contributed by atoms with Crippen LogP contribution in [0.1, 0.15) is 78.6 Å². The van der Waals surface area contributed by atoms with Crippen LogP contribution in [-0.2, 0) is 0 Å². The highest BCUT2D eigenvalue weighted by Crippen LogP contribution is 2.50. The Kier molecular flexibility index (Phi) is 5.69. The van der Waals surface area contributed by atoms with Gasteiger partial charge in [-0.15, -0.1) is 0 Å². The summed E-state index contributed by atoms with van der Waals surface area (Å²) in [6, 6.07) is 0. The molecule has 0 bridgehead atoms. The van der Waals surface area contributed by atoms with Crippen LogP contribution in [-0.4, -0.2) is 5.75 Å². The summed E-state index contributed by atoms with van der Waals surface area (Å²) in [6.45, 7) is 7.60. The average molecular weight is 283 g/mol. The molecule has 2 fully saturated rings. The van der Waals surface area contributed by atoms with Gasteiger partial charge in [0, 0.05) is 0 Å². The van der Waals surface area contributed by atoms with Crippen LogP contribution in [0.2, 0.25) is 0 Å². The second-order valence-electron chi connectivity index (χ2n) is 8.01. The maximum Gasteiger partial charge on any atom is -0.00953 e. The molecule has 0 radical (unpaired) electrons. The predicted octanol–water partition coefficient (Wildman–Crippen LogP) is 5.97. The Balaban J connectivity index is 1.86. The van der Waals surface area contributed by atoms with Crippen LogP contribution in [0.3, 0.4) is 0 Å². The lowest BCUT2D eigenvalue weighted by Crippen LogP contribution is -2.37. The molecular weight excluding hydrogens is 248 g/mol. The molecule has 0 aromatic heterocycles. The first-order valence-corrected chi connectivity index (χ1v) is 9.28. The molecule has 0 N–H and O–H groups in total. The van der Waals surface area contributed by atoms with Gasteiger partial charge in [0.15, 0.2) is 0 Å². The van der Waals surface area contributed by atoms with E-state index in [4.69, 9.17) is 0 Å². The molecular formula is C18H34S. The van der Waals surface area contributed by atoms with Gasteiger partial charge in [-0.1, -0.05) is 46.5 Å². The molecule has 0 spiro atoms. The average Bonchev–Trinajstić information content (AvgIpc) is 2.40. The quantitative estimate of drug-likeness (QED) is 0.604. The molecule has 2 rings (SSSR count). The van der Waals surface area contributed by atoms with Gasteiger partial charge in [-0.3, -0.25) is 0 Å². The molecule has 0 atom stereocenters. The van der Waals surface area contributed by atoms with Crippen LogP contribution in [0.4, 0.5) is 0 Å². The van der Waals surface area contributed by atoms with Gasteiger partial charge in [0.1, 0.15) is 0 Å². The van der Waals surface area contributed by atoms with Crippen molar-refractivity contribution in [2.45, 2.75) is 78.6 Å². The fourth-order valence-electron chi connectivity index (χ4n) is 4.72. The minimum atomic E-state index is 0.589. The monoisotopic (exact) mass is 282 g/mol. The van der Waals surface area contributed by atoms with Crippen molar-refractivity contribution >= 4 is 12.6 Å². The fourth-order valence-corrected chi connectivity index (χ4v) is 5.08. The smallest absolute Gasteiger partial charge is 0.00953 e. The third kappa shape index (κ3) is 3.93. The first kappa shape index (κ1) is 15.7. The SMILES string of the molecule is CC1CCC(C(C)(C)C2CCC(CCS)CC2)CC1. The van der Waals surface area contributed by atoms with Gasteiger partial charge in [0.05, 0.1) is 0 Å². The van der Waals surface area contributed by atoms with Crippen molar-refractivity contribution in [2.75, 3.05) is 5.75 Å². The summed E-state index contributed by atoms with van der Waals surface area (Å²) in [4.78, 5) is 0. The Bertz CT molecular complexity index is 255. The minimum Gasteiger partial charge on any atom is -0.179 e. The first-order valence-electron chi connectivity index (χ1n) is 8.65. The number of thiol groups is 1. The van der Waals surface area contributed by atoms with E-state index < -0.39 is 0 Å². The van der Waals surface area contributed by atoms with E-state index in [0.29, 0.717) is 5.41 Å². The lowest BCUT2D eigenvalue weighted by molar-refractivity contribution is 0.0402. The molecule has 0 saturated heterocycles. The Hall–Kier alpha value is 0.350. The van der Waals surface area contributed by atoms with E-state index in [9.17, 15) is 0 Å². The van der Waals surface area contributed by atoms with E-state index in [2.05, 4.69) is 33.4 Å². The largest absolute Gasteiger partial charge is 0.179 e. The van der Waals surface area contributed by atoms with Crippen molar-refractivity contribution in [2.24, 2.45) is 29.1 Å². The fraction of sp³-hybridized carbons (Fsp3) is 1.00. The lowest BCUT2D eigenvalue weighted by atomic mass is 9.59. The maximum absolute atomic E-state index is 4.40. The summed E-state index contributed by atoms with van der Waals surface area (Å²) in [7, 11) is 0. The van der Waals surface area contributed by atoms with Gasteiger partial charge in [0.25, 0.3) is 0 Å². The Morgan fingerprint density at radius 3 is 1.79 bits per heavy atom. The molecule has 2 aliphatic rings. The number of hydrogen-bond donors (Lipinski definition) is 1. The zero-order chi connectivity index (χ0) is 13.9. The lowest BCUT2D eigenvalue weighted by Gasteiger charge is -2.46. The van der Waals surface area contributed by atoms with Crippen molar-refractivity contribution in [1.29, 1.82) is 0 Å². The van der Waals surface area contributed by atoms with Crippen LogP contribution >= 0.6 is 12.6 Å². The molecule has 0 amide bonds. The number of hydrogen-bond acceptors (Lipinski definition) is 1. The van der Waals surface area contributed by atoms with Gasteiger partial charge in [-0.2, -0.15) is 12.6 Å². The van der Waals surface area contributed by atoms with Crippen molar-refractivity contribution in [1.82, 2.24) is 0 Å². The Morgan fingerprint density at radius 2 is 1.32 bits per heavy atom. The first-order chi connectivity index (χ1) is 9.04. The van der Waals surface area contributed by atoms with Crippen LogP contribution in [0.25, 0.3) is 0 Å². The molecule has 0 aromatic rings. The topological polar surface area (TPSA) is 0 Å². The normalized spacial score (nSPS) is 37.3. The molecule has 19 heavy (non-hydrogen) atoms. The highest BCUT2D eigenvalue weighted by Gasteiger charge is 2.39. The molecule has 1 heteroatoms. The molecule has 112 valence electrons. The summed E-state index contributed by atoms with van der Waals surface area (Å²) in [5.41, 5.74) is 0.589. The summed E-state index contributed by atoms with van der Waals surface area (Å²) in [5, 5.41) is 0. The molecule has 0 heterocycles. The van der Waals surface area contributed by atoms with Gasteiger partial charge >= 0.3 is 0 Å². The highest BCUT2D eigenvalue weighted by molar-refractivity contribution is 7.80. The van der Waals surface area contributed by atoms with E-state index in [0.717, 1.165) is 29.4 Å². The van der Waals surface area contributed by atoms with Gasteiger partial charge in [-0.05, 0) is 66.9 Å². The zero-order valence-corrected chi connectivity index (χ0v) is 14.2. The van der Waals surface area contributed by atoms with E-state index in [-0.39, 0.29) is 0 Å². The summed E-state index contributed by atoms with van der Waals surface area (Å²) < 4.78 is 0.